The van der Waals surface area contributed by atoms with Crippen molar-refractivity contribution in [3.63, 3.8) is 0 Å². The molecule has 136 valence electrons. The SMILES string of the molecule is COCCNC(=O)c1cnn2c1CN(C(=O)C1[C@H]3COC[C@@H]13)CCC2. The van der Waals surface area contributed by atoms with E-state index in [1.165, 1.54) is 0 Å². The number of rotatable bonds is 5. The third kappa shape index (κ3) is 3.04. The van der Waals surface area contributed by atoms with Gasteiger partial charge in [-0.15, -0.1) is 0 Å². The van der Waals surface area contributed by atoms with E-state index in [0.29, 0.717) is 56.9 Å². The van der Waals surface area contributed by atoms with Gasteiger partial charge in [0.1, 0.15) is 0 Å². The standard InChI is InChI=1S/C17H24N4O4/c1-24-6-3-18-16(22)11-7-19-21-5-2-4-20(8-14(11)21)17(23)15-12-9-25-10-13(12)15/h7,12-13,15H,2-6,8-10H2,1H3,(H,18,22)/t12-,13+,15?. The molecule has 1 saturated carbocycles. The summed E-state index contributed by atoms with van der Waals surface area (Å²) >= 11 is 0. The Hall–Kier alpha value is -1.93. The minimum atomic E-state index is -0.163. The summed E-state index contributed by atoms with van der Waals surface area (Å²) in [5, 5.41) is 7.17. The van der Waals surface area contributed by atoms with Crippen molar-refractivity contribution in [1.29, 1.82) is 0 Å². The smallest absolute Gasteiger partial charge is 0.254 e. The molecule has 2 amide bonds. The Balaban J connectivity index is 1.47. The Morgan fingerprint density at radius 2 is 2.16 bits per heavy atom. The van der Waals surface area contributed by atoms with Crippen LogP contribution in [0.1, 0.15) is 22.5 Å². The van der Waals surface area contributed by atoms with Gasteiger partial charge in [-0.05, 0) is 18.3 Å². The monoisotopic (exact) mass is 348 g/mol. The summed E-state index contributed by atoms with van der Waals surface area (Å²) in [6, 6.07) is 0. The van der Waals surface area contributed by atoms with Gasteiger partial charge in [0.05, 0.1) is 43.8 Å². The largest absolute Gasteiger partial charge is 0.383 e. The number of carbonyl (C=O) groups excluding carboxylic acids is 2. The van der Waals surface area contributed by atoms with E-state index in [-0.39, 0.29) is 17.7 Å². The lowest BCUT2D eigenvalue weighted by molar-refractivity contribution is -0.134. The Kier molecular flexibility index (Phi) is 4.47. The molecule has 0 bridgehead atoms. The van der Waals surface area contributed by atoms with Gasteiger partial charge >= 0.3 is 0 Å². The molecule has 3 atom stereocenters. The zero-order chi connectivity index (χ0) is 17.4. The number of methoxy groups -OCH3 is 1. The van der Waals surface area contributed by atoms with Crippen LogP contribution in [0.2, 0.25) is 0 Å². The van der Waals surface area contributed by atoms with Crippen LogP contribution >= 0.6 is 0 Å². The lowest BCUT2D eigenvalue weighted by Crippen LogP contribution is -2.34. The minimum absolute atomic E-state index is 0.113. The molecule has 2 aliphatic heterocycles. The van der Waals surface area contributed by atoms with E-state index >= 15 is 0 Å². The molecule has 1 unspecified atom stereocenters. The lowest BCUT2D eigenvalue weighted by atomic mass is 10.2. The second-order valence-electron chi connectivity index (χ2n) is 6.98. The first-order chi connectivity index (χ1) is 12.2. The van der Waals surface area contributed by atoms with Crippen LogP contribution in [0.25, 0.3) is 0 Å². The average Bonchev–Trinajstić information content (AvgIpc) is 2.93. The third-order valence-corrected chi connectivity index (χ3v) is 5.47. The predicted octanol–water partition coefficient (Wildman–Crippen LogP) is -0.116. The van der Waals surface area contributed by atoms with Crippen LogP contribution in [0.15, 0.2) is 6.20 Å². The summed E-state index contributed by atoms with van der Waals surface area (Å²) in [6.07, 6.45) is 2.45. The van der Waals surface area contributed by atoms with Gasteiger partial charge in [-0.2, -0.15) is 5.10 Å². The molecule has 1 saturated heterocycles. The van der Waals surface area contributed by atoms with Crippen LogP contribution in [-0.4, -0.2) is 66.5 Å². The molecule has 1 aromatic heterocycles. The normalized spacial score (nSPS) is 27.4. The van der Waals surface area contributed by atoms with E-state index in [0.717, 1.165) is 18.7 Å². The topological polar surface area (TPSA) is 85.7 Å². The van der Waals surface area contributed by atoms with E-state index < -0.39 is 0 Å². The number of nitrogens with zero attached hydrogens (tertiary/aromatic N) is 3. The van der Waals surface area contributed by atoms with Gasteiger partial charge in [-0.1, -0.05) is 0 Å². The summed E-state index contributed by atoms with van der Waals surface area (Å²) < 4.78 is 12.2. The zero-order valence-corrected chi connectivity index (χ0v) is 14.4. The van der Waals surface area contributed by atoms with E-state index in [4.69, 9.17) is 9.47 Å². The molecule has 0 aromatic carbocycles. The highest BCUT2D eigenvalue weighted by Crippen LogP contribution is 2.51. The Morgan fingerprint density at radius 1 is 1.36 bits per heavy atom. The molecular weight excluding hydrogens is 324 g/mol. The fraction of sp³-hybridized carbons (Fsp3) is 0.706. The molecular formula is C17H24N4O4. The molecule has 3 aliphatic rings. The van der Waals surface area contributed by atoms with Crippen LogP contribution in [0.3, 0.4) is 0 Å². The highest BCUT2D eigenvalue weighted by atomic mass is 16.5. The van der Waals surface area contributed by atoms with E-state index in [2.05, 4.69) is 10.4 Å². The summed E-state index contributed by atoms with van der Waals surface area (Å²) in [4.78, 5) is 27.2. The van der Waals surface area contributed by atoms with Crippen molar-refractivity contribution in [2.75, 3.05) is 40.0 Å². The van der Waals surface area contributed by atoms with Gasteiger partial charge < -0.3 is 19.7 Å². The van der Waals surface area contributed by atoms with Gasteiger partial charge in [0.15, 0.2) is 0 Å². The molecule has 1 aromatic rings. The van der Waals surface area contributed by atoms with Gasteiger partial charge in [0.2, 0.25) is 5.91 Å². The fourth-order valence-electron chi connectivity index (χ4n) is 4.00. The second-order valence-corrected chi connectivity index (χ2v) is 6.98. The Bertz CT molecular complexity index is 664. The van der Waals surface area contributed by atoms with Crippen LogP contribution in [0.5, 0.6) is 0 Å². The lowest BCUT2D eigenvalue weighted by Gasteiger charge is -2.21. The Morgan fingerprint density at radius 3 is 2.92 bits per heavy atom. The quantitative estimate of drug-likeness (QED) is 0.750. The van der Waals surface area contributed by atoms with Crippen molar-refractivity contribution >= 4 is 11.8 Å². The summed E-state index contributed by atoms with van der Waals surface area (Å²) in [6.45, 7) is 4.22. The number of aromatic nitrogens is 2. The van der Waals surface area contributed by atoms with Crippen molar-refractivity contribution in [1.82, 2.24) is 20.0 Å². The summed E-state index contributed by atoms with van der Waals surface area (Å²) in [7, 11) is 1.60. The number of nitrogens with one attached hydrogen (secondary N) is 1. The minimum Gasteiger partial charge on any atom is -0.383 e. The number of hydrogen-bond acceptors (Lipinski definition) is 5. The van der Waals surface area contributed by atoms with Crippen molar-refractivity contribution in [3.05, 3.63) is 17.5 Å². The average molecular weight is 348 g/mol. The van der Waals surface area contributed by atoms with Crippen molar-refractivity contribution in [2.24, 2.45) is 17.8 Å². The number of carbonyl (C=O) groups is 2. The molecule has 2 fully saturated rings. The first-order valence-electron chi connectivity index (χ1n) is 8.89. The summed E-state index contributed by atoms with van der Waals surface area (Å²) in [5.74, 6) is 0.958. The van der Waals surface area contributed by atoms with E-state index in [1.807, 2.05) is 9.58 Å². The molecule has 0 radical (unpaired) electrons. The van der Waals surface area contributed by atoms with Crippen molar-refractivity contribution in [2.45, 2.75) is 19.5 Å². The number of ether oxygens (including phenoxy) is 2. The highest BCUT2D eigenvalue weighted by molar-refractivity contribution is 5.95. The first-order valence-corrected chi connectivity index (χ1v) is 8.89. The van der Waals surface area contributed by atoms with Gasteiger partial charge in [0, 0.05) is 32.7 Å². The van der Waals surface area contributed by atoms with Crippen LogP contribution in [0.4, 0.5) is 0 Å². The van der Waals surface area contributed by atoms with Crippen molar-refractivity contribution in [3.8, 4) is 0 Å². The van der Waals surface area contributed by atoms with Gasteiger partial charge in [-0.3, -0.25) is 14.3 Å². The second kappa shape index (κ2) is 6.76. The van der Waals surface area contributed by atoms with Crippen molar-refractivity contribution < 1.29 is 19.1 Å². The fourth-order valence-corrected chi connectivity index (χ4v) is 4.00. The zero-order valence-electron chi connectivity index (χ0n) is 14.4. The molecule has 3 heterocycles. The maximum absolute atomic E-state index is 12.9. The molecule has 8 nitrogen and oxygen atoms in total. The highest BCUT2D eigenvalue weighted by Gasteiger charge is 2.59. The molecule has 4 rings (SSSR count). The van der Waals surface area contributed by atoms with Crippen LogP contribution in [-0.2, 0) is 27.4 Å². The van der Waals surface area contributed by atoms with Crippen LogP contribution < -0.4 is 5.32 Å². The maximum atomic E-state index is 12.9. The summed E-state index contributed by atoms with van der Waals surface area (Å²) in [5.41, 5.74) is 1.37. The van der Waals surface area contributed by atoms with Gasteiger partial charge in [-0.25, -0.2) is 0 Å². The number of aryl methyl sites for hydroxylation is 1. The van der Waals surface area contributed by atoms with Gasteiger partial charge in [0.25, 0.3) is 5.91 Å². The molecule has 1 N–H and O–H groups in total. The number of hydrogen-bond donors (Lipinski definition) is 1. The third-order valence-electron chi connectivity index (χ3n) is 5.47. The molecule has 0 spiro atoms. The number of amides is 2. The van der Waals surface area contributed by atoms with E-state index in [1.54, 1.807) is 13.3 Å². The molecule has 1 aliphatic carbocycles. The molecule has 25 heavy (non-hydrogen) atoms. The maximum Gasteiger partial charge on any atom is 0.254 e. The van der Waals surface area contributed by atoms with E-state index in [9.17, 15) is 9.59 Å². The molecule has 8 heteroatoms. The number of fused-ring (bicyclic) bond motifs is 2. The Labute approximate surface area is 146 Å². The predicted molar refractivity (Wildman–Crippen MR) is 87.8 cm³/mol. The van der Waals surface area contributed by atoms with Crippen LogP contribution in [0, 0.1) is 17.8 Å². The first kappa shape index (κ1) is 16.5.